The summed E-state index contributed by atoms with van der Waals surface area (Å²) in [5.74, 6) is 0.742. The monoisotopic (exact) mass is 351 g/mol. The minimum absolute atomic E-state index is 0.241. The number of likely N-dealkylation sites (N-methyl/N-ethyl adjacent to an activating group) is 1. The van der Waals surface area contributed by atoms with E-state index in [-0.39, 0.29) is 5.60 Å². The predicted molar refractivity (Wildman–Crippen MR) is 90.6 cm³/mol. The molecule has 1 saturated heterocycles. The smallest absolute Gasteiger partial charge is 0.0685 e. The van der Waals surface area contributed by atoms with Gasteiger partial charge in [-0.05, 0) is 62.6 Å². The largest absolute Gasteiger partial charge is 0.375 e. The van der Waals surface area contributed by atoms with Gasteiger partial charge in [-0.2, -0.15) is 0 Å². The first-order valence-electron chi connectivity index (χ1n) is 8.33. The van der Waals surface area contributed by atoms with E-state index in [1.807, 2.05) is 0 Å². The number of hydrogen-bond donors (Lipinski definition) is 1. The molecular weight excluding hydrogens is 326 g/mol. The Kier molecular flexibility index (Phi) is 5.03. The molecule has 1 saturated carbocycles. The topological polar surface area (TPSA) is 21.3 Å². The highest BCUT2D eigenvalue weighted by atomic mass is 79.9. The van der Waals surface area contributed by atoms with Crippen LogP contribution in [0.2, 0.25) is 0 Å². The molecule has 2 atom stereocenters. The first-order valence-corrected chi connectivity index (χ1v) is 9.12. The zero-order valence-corrected chi connectivity index (χ0v) is 14.5. The molecule has 3 rings (SSSR count). The molecule has 1 aliphatic carbocycles. The number of nitrogens with one attached hydrogen (secondary N) is 1. The third-order valence-electron chi connectivity index (χ3n) is 5.23. The summed E-state index contributed by atoms with van der Waals surface area (Å²) >= 11 is 3.69. The molecule has 0 amide bonds. The van der Waals surface area contributed by atoms with E-state index in [1.54, 1.807) is 0 Å². The van der Waals surface area contributed by atoms with Crippen molar-refractivity contribution in [1.82, 2.24) is 5.32 Å². The van der Waals surface area contributed by atoms with E-state index in [0.29, 0.717) is 6.04 Å². The van der Waals surface area contributed by atoms with Crippen molar-refractivity contribution >= 4 is 15.9 Å². The van der Waals surface area contributed by atoms with E-state index in [1.165, 1.54) is 42.1 Å². The zero-order chi connectivity index (χ0) is 14.7. The summed E-state index contributed by atoms with van der Waals surface area (Å²) in [5.41, 5.74) is 1.66. The number of rotatable bonds is 5. The zero-order valence-electron chi connectivity index (χ0n) is 12.9. The molecule has 2 nitrogen and oxygen atoms in total. The first kappa shape index (κ1) is 15.5. The van der Waals surface area contributed by atoms with Gasteiger partial charge in [-0.3, -0.25) is 0 Å². The van der Waals surface area contributed by atoms with Gasteiger partial charge in [-0.15, -0.1) is 0 Å². The van der Waals surface area contributed by atoms with Crippen LogP contribution in [0.15, 0.2) is 28.7 Å². The fourth-order valence-electron chi connectivity index (χ4n) is 3.90. The molecule has 1 N–H and O–H groups in total. The van der Waals surface area contributed by atoms with Gasteiger partial charge in [0.25, 0.3) is 0 Å². The predicted octanol–water partition coefficient (Wildman–Crippen LogP) is 4.32. The lowest BCUT2D eigenvalue weighted by Gasteiger charge is -2.49. The molecule has 1 aromatic rings. The lowest BCUT2D eigenvalue weighted by atomic mass is 9.70. The van der Waals surface area contributed by atoms with Gasteiger partial charge in [-0.1, -0.05) is 41.1 Å². The number of ether oxygens (including phenoxy) is 1. The molecule has 1 aliphatic heterocycles. The molecule has 21 heavy (non-hydrogen) atoms. The number of halogens is 1. The molecule has 1 spiro atoms. The Hall–Kier alpha value is -0.380. The fourth-order valence-corrected chi connectivity index (χ4v) is 4.34. The lowest BCUT2D eigenvalue weighted by molar-refractivity contribution is -0.147. The van der Waals surface area contributed by atoms with Crippen molar-refractivity contribution in [1.29, 1.82) is 0 Å². The van der Waals surface area contributed by atoms with Crippen LogP contribution >= 0.6 is 15.9 Å². The maximum atomic E-state index is 6.10. The standard InChI is InChI=1S/C18H26BrNO/c1-2-20-17(12-14-6-3-4-7-16(14)19)15-8-11-21-18(13-15)9-5-10-18/h3-4,6-7,15,17,20H,2,5,8-13H2,1H3. The van der Waals surface area contributed by atoms with E-state index in [9.17, 15) is 0 Å². The van der Waals surface area contributed by atoms with Crippen LogP contribution in [0.25, 0.3) is 0 Å². The van der Waals surface area contributed by atoms with Crippen LogP contribution in [0.5, 0.6) is 0 Å². The van der Waals surface area contributed by atoms with Crippen molar-refractivity contribution in [3.8, 4) is 0 Å². The van der Waals surface area contributed by atoms with Crippen LogP contribution in [0.4, 0.5) is 0 Å². The second kappa shape index (κ2) is 6.80. The second-order valence-electron chi connectivity index (χ2n) is 6.60. The lowest BCUT2D eigenvalue weighted by Crippen LogP contribution is -2.50. The van der Waals surface area contributed by atoms with Gasteiger partial charge in [-0.25, -0.2) is 0 Å². The van der Waals surface area contributed by atoms with Crippen LogP contribution in [0, 0.1) is 5.92 Å². The second-order valence-corrected chi connectivity index (χ2v) is 7.45. The molecule has 3 heteroatoms. The first-order chi connectivity index (χ1) is 10.2. The molecule has 2 fully saturated rings. The molecule has 116 valence electrons. The SMILES string of the molecule is CCNC(Cc1ccccc1Br)C1CCOC2(CCC2)C1. The van der Waals surface area contributed by atoms with Crippen molar-refractivity contribution in [3.05, 3.63) is 34.3 Å². The normalized spacial score (nSPS) is 25.5. The average molecular weight is 352 g/mol. The van der Waals surface area contributed by atoms with E-state index >= 15 is 0 Å². The highest BCUT2D eigenvalue weighted by Crippen LogP contribution is 2.45. The van der Waals surface area contributed by atoms with Crippen molar-refractivity contribution in [2.24, 2.45) is 5.92 Å². The third kappa shape index (κ3) is 3.52. The van der Waals surface area contributed by atoms with Gasteiger partial charge in [0.15, 0.2) is 0 Å². The van der Waals surface area contributed by atoms with Gasteiger partial charge in [0.05, 0.1) is 5.60 Å². The Labute approximate surface area is 136 Å². The Morgan fingerprint density at radius 2 is 2.19 bits per heavy atom. The number of benzene rings is 1. The van der Waals surface area contributed by atoms with Crippen molar-refractivity contribution in [3.63, 3.8) is 0 Å². The quantitative estimate of drug-likeness (QED) is 0.852. The Bertz CT molecular complexity index is 472. The summed E-state index contributed by atoms with van der Waals surface area (Å²) in [7, 11) is 0. The summed E-state index contributed by atoms with van der Waals surface area (Å²) in [4.78, 5) is 0. The van der Waals surface area contributed by atoms with E-state index in [4.69, 9.17) is 4.74 Å². The fraction of sp³-hybridized carbons (Fsp3) is 0.667. The molecule has 1 aromatic carbocycles. The van der Waals surface area contributed by atoms with Crippen molar-refractivity contribution in [2.45, 2.75) is 57.1 Å². The van der Waals surface area contributed by atoms with E-state index in [2.05, 4.69) is 52.4 Å². The van der Waals surface area contributed by atoms with E-state index < -0.39 is 0 Å². The Morgan fingerprint density at radius 1 is 1.38 bits per heavy atom. The molecule has 1 heterocycles. The summed E-state index contributed by atoms with van der Waals surface area (Å²) in [6.45, 7) is 4.20. The maximum Gasteiger partial charge on any atom is 0.0685 e. The Morgan fingerprint density at radius 3 is 2.86 bits per heavy atom. The van der Waals surface area contributed by atoms with Gasteiger partial charge in [0.2, 0.25) is 0 Å². The Balaban J connectivity index is 1.70. The molecule has 0 bridgehead atoms. The minimum Gasteiger partial charge on any atom is -0.375 e. The summed E-state index contributed by atoms with van der Waals surface area (Å²) in [6, 6.07) is 9.19. The molecule has 2 unspecified atom stereocenters. The average Bonchev–Trinajstić information content (AvgIpc) is 2.47. The summed E-state index contributed by atoms with van der Waals surface area (Å²) in [5, 5.41) is 3.74. The number of hydrogen-bond acceptors (Lipinski definition) is 2. The summed E-state index contributed by atoms with van der Waals surface area (Å²) < 4.78 is 7.33. The maximum absolute atomic E-state index is 6.10. The molecule has 0 aromatic heterocycles. The van der Waals surface area contributed by atoms with Crippen LogP contribution in [-0.4, -0.2) is 24.8 Å². The van der Waals surface area contributed by atoms with Crippen molar-refractivity contribution in [2.75, 3.05) is 13.2 Å². The van der Waals surface area contributed by atoms with Crippen molar-refractivity contribution < 1.29 is 4.74 Å². The van der Waals surface area contributed by atoms with Crippen LogP contribution in [0.1, 0.15) is 44.6 Å². The summed E-state index contributed by atoms with van der Waals surface area (Å²) in [6.07, 6.45) is 7.45. The molecular formula is C18H26BrNO. The highest BCUT2D eigenvalue weighted by molar-refractivity contribution is 9.10. The van der Waals surface area contributed by atoms with E-state index in [0.717, 1.165) is 25.5 Å². The molecule has 0 radical (unpaired) electrons. The highest BCUT2D eigenvalue weighted by Gasteiger charge is 2.44. The van der Waals surface area contributed by atoms with Gasteiger partial charge < -0.3 is 10.1 Å². The minimum atomic E-state index is 0.241. The van der Waals surface area contributed by atoms with Crippen LogP contribution in [0.3, 0.4) is 0 Å². The van der Waals surface area contributed by atoms with Crippen LogP contribution < -0.4 is 5.32 Å². The van der Waals surface area contributed by atoms with Gasteiger partial charge in [0, 0.05) is 17.1 Å². The van der Waals surface area contributed by atoms with Gasteiger partial charge in [0.1, 0.15) is 0 Å². The molecule has 2 aliphatic rings. The van der Waals surface area contributed by atoms with Crippen LogP contribution in [-0.2, 0) is 11.2 Å². The third-order valence-corrected chi connectivity index (χ3v) is 6.00. The van der Waals surface area contributed by atoms with Gasteiger partial charge >= 0.3 is 0 Å².